The van der Waals surface area contributed by atoms with Crippen LogP contribution in [0.15, 0.2) is 40.6 Å². The minimum atomic E-state index is -3.49. The lowest BCUT2D eigenvalue weighted by molar-refractivity contribution is 0.0731. The molecular formula is C20H24N2O5S2. The smallest absolute Gasteiger partial charge is 0.252 e. The normalized spacial score (nSPS) is 20.6. The van der Waals surface area contributed by atoms with Gasteiger partial charge in [0.15, 0.2) is 0 Å². The van der Waals surface area contributed by atoms with E-state index in [2.05, 4.69) is 5.32 Å². The van der Waals surface area contributed by atoms with Crippen LogP contribution in [0.3, 0.4) is 0 Å². The number of amides is 1. The highest BCUT2D eigenvalue weighted by molar-refractivity contribution is 7.91. The second kappa shape index (κ2) is 8.93. The van der Waals surface area contributed by atoms with Crippen LogP contribution in [0.5, 0.6) is 0 Å². The average Bonchev–Trinajstić information content (AvgIpc) is 3.45. The zero-order valence-electron chi connectivity index (χ0n) is 16.0. The lowest BCUT2D eigenvalue weighted by Gasteiger charge is -2.25. The van der Waals surface area contributed by atoms with Crippen molar-refractivity contribution in [3.63, 3.8) is 0 Å². The van der Waals surface area contributed by atoms with Crippen molar-refractivity contribution in [3.8, 4) is 10.4 Å². The monoisotopic (exact) mass is 436 g/mol. The maximum atomic E-state index is 12.8. The van der Waals surface area contributed by atoms with Crippen molar-refractivity contribution in [1.29, 1.82) is 0 Å². The first-order valence-corrected chi connectivity index (χ1v) is 12.0. The summed E-state index contributed by atoms with van der Waals surface area (Å²) in [5.74, 6) is -0.131. The van der Waals surface area contributed by atoms with E-state index in [-0.39, 0.29) is 12.0 Å². The van der Waals surface area contributed by atoms with Crippen LogP contribution < -0.4 is 5.32 Å². The van der Waals surface area contributed by atoms with Crippen LogP contribution in [-0.4, -0.2) is 64.2 Å². The number of hydrogen-bond donors (Lipinski definition) is 1. The molecule has 3 heterocycles. The fraction of sp³-hybridized carbons (Fsp3) is 0.450. The molecule has 156 valence electrons. The highest BCUT2D eigenvalue weighted by Crippen LogP contribution is 2.32. The quantitative estimate of drug-likeness (QED) is 0.751. The first-order chi connectivity index (χ1) is 14.0. The van der Waals surface area contributed by atoms with E-state index in [4.69, 9.17) is 9.47 Å². The van der Waals surface area contributed by atoms with Gasteiger partial charge >= 0.3 is 0 Å². The van der Waals surface area contributed by atoms with E-state index in [1.165, 1.54) is 15.6 Å². The lowest BCUT2D eigenvalue weighted by atomic mass is 10.1. The second-order valence-corrected chi connectivity index (χ2v) is 10.3. The second-order valence-electron chi connectivity index (χ2n) is 7.06. The van der Waals surface area contributed by atoms with Crippen LogP contribution in [0, 0.1) is 0 Å². The highest BCUT2D eigenvalue weighted by atomic mass is 32.2. The molecule has 1 N–H and O–H groups in total. The summed E-state index contributed by atoms with van der Waals surface area (Å²) in [5.41, 5.74) is 1.46. The molecule has 0 radical (unpaired) electrons. The molecule has 2 aliphatic heterocycles. The maximum absolute atomic E-state index is 12.8. The number of nitrogens with zero attached hydrogens (tertiary/aromatic N) is 1. The summed E-state index contributed by atoms with van der Waals surface area (Å²) in [6.45, 7) is 2.89. The van der Waals surface area contributed by atoms with Gasteiger partial charge < -0.3 is 14.8 Å². The number of nitrogens with one attached hydrogen (secondary N) is 1. The minimum Gasteiger partial charge on any atom is -0.379 e. The van der Waals surface area contributed by atoms with Gasteiger partial charge in [0.25, 0.3) is 15.9 Å². The third kappa shape index (κ3) is 4.70. The average molecular weight is 437 g/mol. The van der Waals surface area contributed by atoms with Crippen molar-refractivity contribution < 1.29 is 22.7 Å². The number of benzene rings is 1. The molecule has 1 aromatic carbocycles. The molecule has 1 amide bonds. The number of sulfonamides is 1. The summed E-state index contributed by atoms with van der Waals surface area (Å²) in [5, 5.41) is 2.90. The zero-order chi connectivity index (χ0) is 20.3. The van der Waals surface area contributed by atoms with Crippen molar-refractivity contribution in [2.24, 2.45) is 0 Å². The molecule has 9 heteroatoms. The van der Waals surface area contributed by atoms with Gasteiger partial charge in [0, 0.05) is 36.7 Å². The SMILES string of the molecule is O=C(NC[C@@H]1CCCO1)c1ccc(-c2ccc(S(=O)(=O)N3CCOCC3)s2)cc1. The number of rotatable bonds is 6. The van der Waals surface area contributed by atoms with Crippen LogP contribution in [0.25, 0.3) is 10.4 Å². The summed E-state index contributed by atoms with van der Waals surface area (Å²) in [7, 11) is -3.49. The lowest BCUT2D eigenvalue weighted by Crippen LogP contribution is -2.40. The van der Waals surface area contributed by atoms with Gasteiger partial charge in [-0.25, -0.2) is 8.42 Å². The van der Waals surface area contributed by atoms with Crippen molar-refractivity contribution in [2.75, 3.05) is 39.5 Å². The maximum Gasteiger partial charge on any atom is 0.252 e. The number of thiophene rings is 1. The Kier molecular flexibility index (Phi) is 6.31. The Hall–Kier alpha value is -1.78. The Bertz CT molecular complexity index is 944. The van der Waals surface area contributed by atoms with Crippen molar-refractivity contribution in [1.82, 2.24) is 9.62 Å². The minimum absolute atomic E-state index is 0.108. The molecule has 1 aromatic heterocycles. The fourth-order valence-electron chi connectivity index (χ4n) is 3.43. The predicted molar refractivity (Wildman–Crippen MR) is 111 cm³/mol. The van der Waals surface area contributed by atoms with Gasteiger partial charge in [-0.3, -0.25) is 4.79 Å². The molecule has 0 saturated carbocycles. The molecule has 2 fully saturated rings. The van der Waals surface area contributed by atoms with E-state index >= 15 is 0 Å². The van der Waals surface area contributed by atoms with Gasteiger partial charge in [0.1, 0.15) is 4.21 Å². The van der Waals surface area contributed by atoms with E-state index in [0.717, 1.165) is 29.9 Å². The van der Waals surface area contributed by atoms with Crippen LogP contribution in [0.1, 0.15) is 23.2 Å². The van der Waals surface area contributed by atoms with Gasteiger partial charge in [-0.05, 0) is 42.7 Å². The topological polar surface area (TPSA) is 84.9 Å². The van der Waals surface area contributed by atoms with Crippen LogP contribution in [-0.2, 0) is 19.5 Å². The molecular weight excluding hydrogens is 412 g/mol. The Morgan fingerprint density at radius 3 is 2.55 bits per heavy atom. The fourth-order valence-corrected chi connectivity index (χ4v) is 6.30. The Morgan fingerprint density at radius 2 is 1.86 bits per heavy atom. The number of carbonyl (C=O) groups is 1. The van der Waals surface area contributed by atoms with E-state index in [1.807, 2.05) is 18.2 Å². The van der Waals surface area contributed by atoms with Gasteiger partial charge in [-0.2, -0.15) is 4.31 Å². The van der Waals surface area contributed by atoms with Crippen molar-refractivity contribution in [3.05, 3.63) is 42.0 Å². The first kappa shape index (κ1) is 20.5. The molecule has 1 atom stereocenters. The summed E-state index contributed by atoms with van der Waals surface area (Å²) in [6.07, 6.45) is 2.13. The van der Waals surface area contributed by atoms with Crippen LogP contribution in [0.4, 0.5) is 0 Å². The largest absolute Gasteiger partial charge is 0.379 e. The van der Waals surface area contributed by atoms with Crippen molar-refractivity contribution >= 4 is 27.3 Å². The number of ether oxygens (including phenoxy) is 2. The summed E-state index contributed by atoms with van der Waals surface area (Å²) < 4.78 is 38.1. The molecule has 2 aromatic rings. The Balaban J connectivity index is 1.42. The van der Waals surface area contributed by atoms with Gasteiger partial charge in [0.2, 0.25) is 0 Å². The molecule has 29 heavy (non-hydrogen) atoms. The molecule has 0 bridgehead atoms. The molecule has 2 aliphatic rings. The molecule has 0 unspecified atom stereocenters. The van der Waals surface area contributed by atoms with E-state index in [1.54, 1.807) is 18.2 Å². The van der Waals surface area contributed by atoms with Crippen molar-refractivity contribution in [2.45, 2.75) is 23.2 Å². The number of carbonyl (C=O) groups excluding carboxylic acids is 1. The Morgan fingerprint density at radius 1 is 1.10 bits per heavy atom. The van der Waals surface area contributed by atoms with E-state index < -0.39 is 10.0 Å². The van der Waals surface area contributed by atoms with Crippen LogP contribution >= 0.6 is 11.3 Å². The van der Waals surface area contributed by atoms with Crippen LogP contribution in [0.2, 0.25) is 0 Å². The van der Waals surface area contributed by atoms with Gasteiger partial charge in [-0.15, -0.1) is 11.3 Å². The summed E-state index contributed by atoms with van der Waals surface area (Å²) in [6, 6.07) is 10.7. The summed E-state index contributed by atoms with van der Waals surface area (Å²) >= 11 is 1.24. The predicted octanol–water partition coefficient (Wildman–Crippen LogP) is 2.34. The van der Waals surface area contributed by atoms with Gasteiger partial charge in [0.05, 0.1) is 19.3 Å². The zero-order valence-corrected chi connectivity index (χ0v) is 17.6. The molecule has 4 rings (SSSR count). The highest BCUT2D eigenvalue weighted by Gasteiger charge is 2.28. The third-order valence-corrected chi connectivity index (χ3v) is 8.59. The molecule has 7 nitrogen and oxygen atoms in total. The van der Waals surface area contributed by atoms with E-state index in [0.29, 0.717) is 42.6 Å². The summed E-state index contributed by atoms with van der Waals surface area (Å²) in [4.78, 5) is 13.2. The van der Waals surface area contributed by atoms with E-state index in [9.17, 15) is 13.2 Å². The Labute approximate surface area is 174 Å². The molecule has 0 spiro atoms. The molecule has 0 aliphatic carbocycles. The number of morpholine rings is 1. The standard InChI is InChI=1S/C20H24N2O5S2/c23-20(21-14-17-2-1-11-27-17)16-5-3-15(4-6-16)18-7-8-19(28-18)29(24,25)22-9-12-26-13-10-22/h3-8,17H,1-2,9-14H2,(H,21,23)/t17-/m0/s1. The van der Waals surface area contributed by atoms with Gasteiger partial charge in [-0.1, -0.05) is 12.1 Å². The third-order valence-electron chi connectivity index (χ3n) is 5.09. The molecule has 2 saturated heterocycles. The number of hydrogen-bond acceptors (Lipinski definition) is 6. The first-order valence-electron chi connectivity index (χ1n) is 9.72.